The fourth-order valence-corrected chi connectivity index (χ4v) is 4.45. The predicted octanol–water partition coefficient (Wildman–Crippen LogP) is 5.39. The van der Waals surface area contributed by atoms with Crippen molar-refractivity contribution >= 4 is 16.7 Å². The minimum absolute atomic E-state index is 0.186. The van der Waals surface area contributed by atoms with E-state index < -0.39 is 0 Å². The van der Waals surface area contributed by atoms with Crippen molar-refractivity contribution in [1.82, 2.24) is 5.48 Å². The third-order valence-electron chi connectivity index (χ3n) is 6.44. The topological polar surface area (TPSA) is 64.3 Å². The highest BCUT2D eigenvalue weighted by atomic mass is 16.8. The second-order valence-electron chi connectivity index (χ2n) is 9.35. The summed E-state index contributed by atoms with van der Waals surface area (Å²) in [6.07, 6.45) is 2.42. The van der Waals surface area contributed by atoms with Crippen LogP contribution in [0.15, 0.2) is 54.6 Å². The number of hydrogen-bond acceptors (Lipinski definition) is 3. The van der Waals surface area contributed by atoms with Crippen molar-refractivity contribution in [2.75, 3.05) is 0 Å². The zero-order chi connectivity index (χ0) is 20.8. The summed E-state index contributed by atoms with van der Waals surface area (Å²) in [4.78, 5) is 16.1. The second-order valence-corrected chi connectivity index (χ2v) is 9.35. The van der Waals surface area contributed by atoms with Gasteiger partial charge in [0.25, 0.3) is 5.91 Å². The zero-order valence-electron chi connectivity index (χ0n) is 17.5. The smallest absolute Gasteiger partial charge is 0.267 e. The molecule has 0 bridgehead atoms. The lowest BCUT2D eigenvalue weighted by Gasteiger charge is -2.42. The molecule has 1 aliphatic rings. The average Bonchev–Trinajstić information content (AvgIpc) is 2.70. The van der Waals surface area contributed by atoms with Gasteiger partial charge in [-0.05, 0) is 74.9 Å². The molecule has 0 heterocycles. The molecule has 0 saturated carbocycles. The molecule has 0 unspecified atom stereocenters. The molecule has 0 radical (unpaired) electrons. The summed E-state index contributed by atoms with van der Waals surface area (Å²) in [5.41, 5.74) is 8.40. The number of nitrogens with two attached hydrogens (primary N) is 1. The Morgan fingerprint density at radius 2 is 1.41 bits per heavy atom. The highest BCUT2D eigenvalue weighted by molar-refractivity contribution is 5.98. The lowest BCUT2D eigenvalue weighted by molar-refractivity contribution is 0.0310. The van der Waals surface area contributed by atoms with Gasteiger partial charge in [0.05, 0.1) is 0 Å². The van der Waals surface area contributed by atoms with Crippen LogP contribution < -0.4 is 11.4 Å². The molecule has 150 valence electrons. The number of rotatable bonds is 3. The van der Waals surface area contributed by atoms with Crippen molar-refractivity contribution in [3.63, 3.8) is 0 Å². The third-order valence-corrected chi connectivity index (χ3v) is 6.44. The number of amides is 1. The maximum absolute atomic E-state index is 11.9. The molecule has 0 fully saturated rings. The third kappa shape index (κ3) is 3.54. The van der Waals surface area contributed by atoms with E-state index in [-0.39, 0.29) is 16.7 Å². The van der Waals surface area contributed by atoms with E-state index in [0.29, 0.717) is 5.56 Å². The Morgan fingerprint density at radius 3 is 2.14 bits per heavy atom. The molecule has 0 saturated heterocycles. The Labute approximate surface area is 172 Å². The lowest BCUT2D eigenvalue weighted by atomic mass is 9.63. The molecule has 1 amide bonds. The van der Waals surface area contributed by atoms with Gasteiger partial charge in [0.1, 0.15) is 0 Å². The van der Waals surface area contributed by atoms with Gasteiger partial charge >= 0.3 is 0 Å². The molecule has 3 aromatic carbocycles. The largest absolute Gasteiger partial charge is 0.276 e. The summed E-state index contributed by atoms with van der Waals surface area (Å²) in [7, 11) is 0. The number of hydrogen-bond donors (Lipinski definition) is 2. The van der Waals surface area contributed by atoms with E-state index in [1.54, 1.807) is 6.07 Å². The lowest BCUT2D eigenvalue weighted by Crippen LogP contribution is -2.33. The van der Waals surface area contributed by atoms with Crippen molar-refractivity contribution in [2.45, 2.75) is 51.4 Å². The first-order valence-electron chi connectivity index (χ1n) is 10.1. The monoisotopic (exact) mass is 388 g/mol. The van der Waals surface area contributed by atoms with Crippen molar-refractivity contribution in [3.05, 3.63) is 71.3 Å². The first-order valence-corrected chi connectivity index (χ1v) is 10.1. The van der Waals surface area contributed by atoms with Crippen LogP contribution >= 0.6 is 0 Å². The van der Waals surface area contributed by atoms with Crippen LogP contribution in [0.5, 0.6) is 0 Å². The van der Waals surface area contributed by atoms with Crippen molar-refractivity contribution in [3.8, 4) is 11.1 Å². The van der Waals surface area contributed by atoms with Crippen LogP contribution in [0.2, 0.25) is 0 Å². The van der Waals surface area contributed by atoms with Gasteiger partial charge in [0, 0.05) is 5.56 Å². The minimum Gasteiger partial charge on any atom is -0.267 e. The number of carbonyl (C=O) groups is 1. The number of nitrogens with one attached hydrogen (secondary N) is 1. The molecule has 0 spiro atoms. The molecular weight excluding hydrogens is 360 g/mol. The van der Waals surface area contributed by atoms with Crippen LogP contribution in [0.1, 0.15) is 62.0 Å². The Balaban J connectivity index is 1.75. The van der Waals surface area contributed by atoms with Gasteiger partial charge in [-0.25, -0.2) is 5.48 Å². The van der Waals surface area contributed by atoms with Gasteiger partial charge in [-0.1, -0.05) is 64.1 Å². The molecule has 1 aliphatic carbocycles. The van der Waals surface area contributed by atoms with Gasteiger partial charge < -0.3 is 0 Å². The Morgan fingerprint density at radius 1 is 0.828 bits per heavy atom. The van der Waals surface area contributed by atoms with E-state index >= 15 is 0 Å². The van der Waals surface area contributed by atoms with E-state index in [4.69, 9.17) is 5.90 Å². The number of hydroxylamine groups is 1. The summed E-state index contributed by atoms with van der Waals surface area (Å²) in [6.45, 7) is 9.40. The molecule has 0 aliphatic heterocycles. The Hall–Kier alpha value is -2.69. The summed E-state index contributed by atoms with van der Waals surface area (Å²) in [5.74, 6) is 4.55. The normalized spacial score (nSPS) is 17.0. The first-order chi connectivity index (χ1) is 13.7. The molecule has 3 aromatic rings. The highest BCUT2D eigenvalue weighted by Gasteiger charge is 2.36. The van der Waals surface area contributed by atoms with Crippen LogP contribution in [0.25, 0.3) is 21.9 Å². The van der Waals surface area contributed by atoms with Gasteiger partial charge in [0.15, 0.2) is 0 Å². The number of benzene rings is 3. The molecule has 0 aromatic heterocycles. The molecular formula is C25H28N2O2. The van der Waals surface area contributed by atoms with E-state index in [0.717, 1.165) is 10.8 Å². The second kappa shape index (κ2) is 6.97. The van der Waals surface area contributed by atoms with E-state index in [1.165, 1.54) is 35.1 Å². The summed E-state index contributed by atoms with van der Waals surface area (Å²) in [5, 5.41) is 2.09. The SMILES string of the molecule is CC1(C)CCC(C)(C)c2cc(-c3ccc4cc(C(=O)NON)ccc4c3)ccc21. The van der Waals surface area contributed by atoms with E-state index in [9.17, 15) is 4.79 Å². The summed E-state index contributed by atoms with van der Waals surface area (Å²) in [6, 6.07) is 18.8. The first kappa shape index (κ1) is 19.6. The minimum atomic E-state index is -0.363. The van der Waals surface area contributed by atoms with Gasteiger partial charge in [-0.3, -0.25) is 4.79 Å². The number of carbonyl (C=O) groups excluding carboxylic acids is 1. The molecule has 29 heavy (non-hydrogen) atoms. The van der Waals surface area contributed by atoms with Crippen molar-refractivity contribution in [1.29, 1.82) is 0 Å². The van der Waals surface area contributed by atoms with Crippen LogP contribution in [0, 0.1) is 0 Å². The van der Waals surface area contributed by atoms with Crippen LogP contribution in [-0.4, -0.2) is 5.91 Å². The molecule has 3 N–H and O–H groups in total. The Kier molecular flexibility index (Phi) is 4.72. The van der Waals surface area contributed by atoms with Crippen LogP contribution in [0.3, 0.4) is 0 Å². The quantitative estimate of drug-likeness (QED) is 0.591. The maximum Gasteiger partial charge on any atom is 0.276 e. The molecule has 4 nitrogen and oxygen atoms in total. The average molecular weight is 389 g/mol. The molecule has 4 heteroatoms. The van der Waals surface area contributed by atoms with Crippen molar-refractivity contribution < 1.29 is 9.73 Å². The predicted molar refractivity (Wildman–Crippen MR) is 117 cm³/mol. The van der Waals surface area contributed by atoms with Crippen molar-refractivity contribution in [2.24, 2.45) is 5.90 Å². The van der Waals surface area contributed by atoms with Gasteiger partial charge in [0.2, 0.25) is 0 Å². The maximum atomic E-state index is 11.9. The number of fused-ring (bicyclic) bond motifs is 2. The highest BCUT2D eigenvalue weighted by Crippen LogP contribution is 2.46. The van der Waals surface area contributed by atoms with E-state index in [1.807, 2.05) is 12.1 Å². The van der Waals surface area contributed by atoms with Gasteiger partial charge in [-0.15, -0.1) is 0 Å². The summed E-state index contributed by atoms with van der Waals surface area (Å²) >= 11 is 0. The van der Waals surface area contributed by atoms with E-state index in [2.05, 4.69) is 74.5 Å². The fraction of sp³-hybridized carbons (Fsp3) is 0.320. The zero-order valence-corrected chi connectivity index (χ0v) is 17.5. The van der Waals surface area contributed by atoms with Gasteiger partial charge in [-0.2, -0.15) is 10.8 Å². The van der Waals surface area contributed by atoms with Crippen LogP contribution in [0.4, 0.5) is 0 Å². The fourth-order valence-electron chi connectivity index (χ4n) is 4.45. The van der Waals surface area contributed by atoms with Crippen LogP contribution in [-0.2, 0) is 15.8 Å². The Bertz CT molecular complexity index is 1100. The molecule has 4 rings (SSSR count). The molecule has 0 atom stereocenters. The standard InChI is InChI=1S/C25H28N2O2/c1-24(2)11-12-25(3,4)22-15-19(9-10-21(22)24)17-5-6-18-14-20(23(28)27-29-26)8-7-16(18)13-17/h5-10,13-15H,11-12,26H2,1-4H3,(H,27,28). The summed E-state index contributed by atoms with van der Waals surface area (Å²) < 4.78 is 0.